The van der Waals surface area contributed by atoms with Crippen LogP contribution in [-0.4, -0.2) is 75.9 Å². The first-order valence-electron chi connectivity index (χ1n) is 24.2. The number of fused-ring (bicyclic) bond motifs is 10. The minimum Gasteiger partial charge on any atom is -0.469 e. The fourth-order valence-electron chi connectivity index (χ4n) is 18.0. The number of nitrogens with two attached hydrogens (primary N) is 1. The molecule has 0 aliphatic heterocycles. The summed E-state index contributed by atoms with van der Waals surface area (Å²) >= 11 is 0. The van der Waals surface area contributed by atoms with Crippen LogP contribution in [0, 0.1) is 92.7 Å². The van der Waals surface area contributed by atoms with Crippen LogP contribution in [0.4, 0.5) is 0 Å². The number of carbonyl (C=O) groups excluding carboxylic acids is 2. The van der Waals surface area contributed by atoms with Gasteiger partial charge in [0.1, 0.15) is 0 Å². The molecule has 0 bridgehead atoms. The molecule has 8 rings (SSSR count). The Kier molecular flexibility index (Phi) is 11.8. The average molecular weight is 811 g/mol. The molecule has 8 fully saturated rings. The molecule has 1 amide bonds. The predicted octanol–water partition coefficient (Wildman–Crippen LogP) is 7.01. The largest absolute Gasteiger partial charge is 0.469 e. The molecule has 0 saturated heterocycles. The average Bonchev–Trinajstić information content (AvgIpc) is 3.73. The molecule has 330 valence electrons. The van der Waals surface area contributed by atoms with Gasteiger partial charge in [-0.3, -0.25) is 9.59 Å². The van der Waals surface area contributed by atoms with Gasteiger partial charge < -0.3 is 36.2 Å². The van der Waals surface area contributed by atoms with Gasteiger partial charge in [-0.2, -0.15) is 0 Å². The number of esters is 1. The third-order valence-electron chi connectivity index (χ3n) is 21.4. The summed E-state index contributed by atoms with van der Waals surface area (Å²) in [6, 6.07) is 0.333. The highest BCUT2D eigenvalue weighted by Gasteiger charge is 2.67. The Morgan fingerprint density at radius 2 is 1.14 bits per heavy atom. The summed E-state index contributed by atoms with van der Waals surface area (Å²) in [5.41, 5.74) is 6.08. The molecule has 7 N–H and O–H groups in total. The van der Waals surface area contributed by atoms with Gasteiger partial charge in [0.2, 0.25) is 5.91 Å². The van der Waals surface area contributed by atoms with Crippen molar-refractivity contribution in [2.45, 2.75) is 194 Å². The molecule has 8 aliphatic carbocycles. The molecular formula is C49H82N2O7. The Bertz CT molecular complexity index is 1530. The number of rotatable bonds is 9. The zero-order chi connectivity index (χ0) is 41.7. The van der Waals surface area contributed by atoms with Crippen LogP contribution >= 0.6 is 0 Å². The van der Waals surface area contributed by atoms with Crippen LogP contribution in [0.15, 0.2) is 0 Å². The van der Waals surface area contributed by atoms with E-state index in [1.54, 1.807) is 0 Å². The molecule has 0 aromatic heterocycles. The number of ether oxygens (including phenoxy) is 1. The Morgan fingerprint density at radius 3 is 1.66 bits per heavy atom. The molecule has 58 heavy (non-hydrogen) atoms. The Labute approximate surface area is 350 Å². The fraction of sp³-hybridized carbons (Fsp3) is 0.959. The third-order valence-corrected chi connectivity index (χ3v) is 21.4. The van der Waals surface area contributed by atoms with Crippen LogP contribution in [0.5, 0.6) is 0 Å². The second-order valence-electron chi connectivity index (χ2n) is 23.4. The van der Waals surface area contributed by atoms with Gasteiger partial charge in [-0.1, -0.05) is 41.5 Å². The lowest BCUT2D eigenvalue weighted by atomic mass is 9.43. The number of hydrogen-bond donors (Lipinski definition) is 6. The van der Waals surface area contributed by atoms with Crippen molar-refractivity contribution in [3.63, 3.8) is 0 Å². The van der Waals surface area contributed by atoms with E-state index in [2.05, 4.69) is 46.9 Å². The second kappa shape index (κ2) is 15.8. The molecule has 0 aromatic rings. The van der Waals surface area contributed by atoms with Crippen molar-refractivity contribution < 1.29 is 34.8 Å². The second-order valence-corrected chi connectivity index (χ2v) is 23.4. The van der Waals surface area contributed by atoms with Gasteiger partial charge in [0.15, 0.2) is 0 Å². The maximum absolute atomic E-state index is 13.7. The molecule has 0 heterocycles. The first-order chi connectivity index (χ1) is 27.4. The number of nitrogens with one attached hydrogen (secondary N) is 1. The highest BCUT2D eigenvalue weighted by atomic mass is 16.5. The van der Waals surface area contributed by atoms with E-state index in [0.29, 0.717) is 60.2 Å². The van der Waals surface area contributed by atoms with Crippen LogP contribution in [0.25, 0.3) is 0 Å². The molecule has 9 nitrogen and oxygen atoms in total. The van der Waals surface area contributed by atoms with Gasteiger partial charge in [-0.05, 0) is 195 Å². The standard InChI is InChI=1S/C49H82N2O7/c1-26(32-10-12-34-44-36(24-40(54)48(32,34)5)46(3)18-16-30(50)20-28(46)22-38(44)52)8-14-42(56)51-31-17-19-47(4)29(21-31)23-39(53)45-35-13-11-33(27(2)9-15-43(57)58-7)49(35,6)41(55)25-37(45)47/h26-41,44-45,52-55H,8-25,50H2,1-7H3,(H,51,56)/t26-,27-,28+,29+,30-,31-,32?,33?,34?,35?,36?,37?,38+,39+,40?,41?,44-,45-,46?,47?,48?,49?/m1/s1. The van der Waals surface area contributed by atoms with Crippen molar-refractivity contribution in [1.82, 2.24) is 5.32 Å². The van der Waals surface area contributed by atoms with E-state index in [9.17, 15) is 30.0 Å². The maximum Gasteiger partial charge on any atom is 0.305 e. The van der Waals surface area contributed by atoms with Gasteiger partial charge in [-0.15, -0.1) is 0 Å². The normalized spacial score (nSPS) is 53.1. The SMILES string of the molecule is COC(=O)CC[C@@H](C)C1CCC2[C@@H]3C(CC(O)C21C)C1(C)CC[C@@H](NC(=O)CC[C@@H](C)C2CCC4[C@@H]5C(CC(O)C42C)C2(C)CC[C@@H](N)C[C@H]2C[C@@H]5O)C[C@H]1C[C@@H]3O. The van der Waals surface area contributed by atoms with E-state index in [-0.39, 0.29) is 75.4 Å². The van der Waals surface area contributed by atoms with E-state index in [1.807, 2.05) is 0 Å². The van der Waals surface area contributed by atoms with E-state index < -0.39 is 18.3 Å². The van der Waals surface area contributed by atoms with Crippen LogP contribution in [0.3, 0.4) is 0 Å². The number of amides is 1. The summed E-state index contributed by atoms with van der Waals surface area (Å²) < 4.78 is 4.92. The number of carbonyl (C=O) groups is 2. The predicted molar refractivity (Wildman–Crippen MR) is 225 cm³/mol. The lowest BCUT2D eigenvalue weighted by molar-refractivity contribution is -0.202. The number of aliphatic hydroxyl groups is 4. The highest BCUT2D eigenvalue weighted by molar-refractivity contribution is 5.76. The molecule has 0 aromatic carbocycles. The van der Waals surface area contributed by atoms with Crippen molar-refractivity contribution in [2.24, 2.45) is 98.4 Å². The summed E-state index contributed by atoms with van der Waals surface area (Å²) in [6.45, 7) is 14.0. The summed E-state index contributed by atoms with van der Waals surface area (Å²) in [4.78, 5) is 25.6. The minimum atomic E-state index is -0.428. The van der Waals surface area contributed by atoms with Crippen molar-refractivity contribution in [3.8, 4) is 0 Å². The molecule has 12 unspecified atom stereocenters. The first-order valence-corrected chi connectivity index (χ1v) is 24.2. The van der Waals surface area contributed by atoms with Crippen LogP contribution in [0.2, 0.25) is 0 Å². The van der Waals surface area contributed by atoms with Crippen molar-refractivity contribution in [3.05, 3.63) is 0 Å². The number of methoxy groups -OCH3 is 1. The van der Waals surface area contributed by atoms with E-state index in [0.717, 1.165) is 103 Å². The fourth-order valence-corrected chi connectivity index (χ4v) is 18.0. The Hall–Kier alpha value is -1.26. The van der Waals surface area contributed by atoms with E-state index in [1.165, 1.54) is 7.11 Å². The molecule has 22 atom stereocenters. The van der Waals surface area contributed by atoms with Gasteiger partial charge in [0.25, 0.3) is 0 Å². The summed E-state index contributed by atoms with van der Waals surface area (Å²) in [5, 5.41) is 51.2. The molecular weight excluding hydrogens is 729 g/mol. The van der Waals surface area contributed by atoms with Gasteiger partial charge in [0, 0.05) is 24.9 Å². The smallest absolute Gasteiger partial charge is 0.305 e. The lowest BCUT2D eigenvalue weighted by Gasteiger charge is -2.63. The van der Waals surface area contributed by atoms with Gasteiger partial charge in [-0.25, -0.2) is 0 Å². The van der Waals surface area contributed by atoms with Crippen LogP contribution < -0.4 is 11.1 Å². The highest BCUT2D eigenvalue weighted by Crippen LogP contribution is 2.70. The number of aliphatic hydroxyl groups excluding tert-OH is 4. The first kappa shape index (κ1) is 43.4. The van der Waals surface area contributed by atoms with E-state index in [4.69, 9.17) is 10.5 Å². The minimum absolute atomic E-state index is 0.0267. The third kappa shape index (κ3) is 6.78. The van der Waals surface area contributed by atoms with Crippen LogP contribution in [0.1, 0.15) is 157 Å². The van der Waals surface area contributed by atoms with Crippen LogP contribution in [-0.2, 0) is 14.3 Å². The van der Waals surface area contributed by atoms with Crippen molar-refractivity contribution in [1.29, 1.82) is 0 Å². The molecule has 0 radical (unpaired) electrons. The van der Waals surface area contributed by atoms with Gasteiger partial charge >= 0.3 is 5.97 Å². The topological polar surface area (TPSA) is 162 Å². The monoisotopic (exact) mass is 811 g/mol. The maximum atomic E-state index is 13.7. The Balaban J connectivity index is 0.863. The van der Waals surface area contributed by atoms with Crippen molar-refractivity contribution in [2.75, 3.05) is 7.11 Å². The zero-order valence-electron chi connectivity index (χ0n) is 37.2. The Morgan fingerprint density at radius 1 is 0.655 bits per heavy atom. The summed E-state index contributed by atoms with van der Waals surface area (Å²) in [7, 11) is 1.44. The molecule has 9 heteroatoms. The summed E-state index contributed by atoms with van der Waals surface area (Å²) in [5.74, 6) is 3.55. The number of hydrogen-bond acceptors (Lipinski definition) is 8. The molecule has 0 spiro atoms. The summed E-state index contributed by atoms with van der Waals surface area (Å²) in [6.07, 6.45) is 14.1. The lowest BCUT2D eigenvalue weighted by Crippen LogP contribution is -2.63. The molecule has 8 saturated carbocycles. The van der Waals surface area contributed by atoms with Crippen molar-refractivity contribution >= 4 is 11.9 Å². The molecule has 8 aliphatic rings. The van der Waals surface area contributed by atoms with E-state index >= 15 is 0 Å². The van der Waals surface area contributed by atoms with Gasteiger partial charge in [0.05, 0.1) is 31.5 Å². The quantitative estimate of drug-likeness (QED) is 0.136. The zero-order valence-corrected chi connectivity index (χ0v) is 37.2.